The van der Waals surface area contributed by atoms with Crippen molar-refractivity contribution in [3.05, 3.63) is 54.0 Å². The van der Waals surface area contributed by atoms with E-state index in [4.69, 9.17) is 18.6 Å². The van der Waals surface area contributed by atoms with Crippen molar-refractivity contribution in [2.24, 2.45) is 0 Å². The van der Waals surface area contributed by atoms with Gasteiger partial charge in [-0.25, -0.2) is 32.8 Å². The Hall–Kier alpha value is -3.82. The SMILES string of the molecule is Cc1ccc(S(=O)(=O)N2CC3(O)CN(C(=O)OC(C)C)N(C(=O)OC(C)C)CC3(OC(=O)NCc3ccco3)C2)cc1. The van der Waals surface area contributed by atoms with E-state index in [1.807, 2.05) is 6.92 Å². The topological polar surface area (TPSA) is 168 Å². The van der Waals surface area contributed by atoms with Crippen molar-refractivity contribution in [3.63, 3.8) is 0 Å². The molecule has 0 radical (unpaired) electrons. The molecule has 2 aliphatic heterocycles. The fourth-order valence-electron chi connectivity index (χ4n) is 4.80. The maximum absolute atomic E-state index is 13.7. The van der Waals surface area contributed by atoms with Gasteiger partial charge in [-0.05, 0) is 58.9 Å². The maximum Gasteiger partial charge on any atom is 0.429 e. The summed E-state index contributed by atoms with van der Waals surface area (Å²) in [5.74, 6) is 0.420. The Bertz CT molecular complexity index is 1400. The Kier molecular flexibility index (Phi) is 8.76. The summed E-state index contributed by atoms with van der Waals surface area (Å²) in [7, 11) is -4.21. The van der Waals surface area contributed by atoms with Crippen LogP contribution in [-0.4, -0.2) is 95.7 Å². The molecule has 230 valence electrons. The van der Waals surface area contributed by atoms with Crippen LogP contribution in [0.1, 0.15) is 39.0 Å². The number of hydrogen-bond donors (Lipinski definition) is 2. The summed E-state index contributed by atoms with van der Waals surface area (Å²) < 4.78 is 50.0. The highest BCUT2D eigenvalue weighted by molar-refractivity contribution is 7.89. The molecule has 0 aliphatic carbocycles. The molecular formula is C27H36N4O10S. The van der Waals surface area contributed by atoms with Gasteiger partial charge < -0.3 is 29.1 Å². The highest BCUT2D eigenvalue weighted by atomic mass is 32.2. The second-order valence-electron chi connectivity index (χ2n) is 10.9. The lowest BCUT2D eigenvalue weighted by atomic mass is 9.83. The third-order valence-corrected chi connectivity index (χ3v) is 8.66. The second-order valence-corrected chi connectivity index (χ2v) is 12.9. The molecule has 14 nitrogen and oxygen atoms in total. The normalized spacial score (nSPS) is 22.7. The lowest BCUT2D eigenvalue weighted by Crippen LogP contribution is -2.75. The van der Waals surface area contributed by atoms with E-state index < -0.39 is 77.9 Å². The largest absolute Gasteiger partial charge is 0.467 e. The smallest absolute Gasteiger partial charge is 0.429 e. The first-order valence-corrected chi connectivity index (χ1v) is 14.8. The molecule has 4 rings (SSSR count). The number of aliphatic hydroxyl groups is 1. The molecular weight excluding hydrogens is 572 g/mol. The summed E-state index contributed by atoms with van der Waals surface area (Å²) in [6.07, 6.45) is -2.70. The van der Waals surface area contributed by atoms with Crippen molar-refractivity contribution in [1.82, 2.24) is 19.6 Å². The average Bonchev–Trinajstić information content (AvgIpc) is 3.52. The maximum atomic E-state index is 13.7. The number of fused-ring (bicyclic) bond motifs is 1. The van der Waals surface area contributed by atoms with Gasteiger partial charge in [0, 0.05) is 6.54 Å². The van der Waals surface area contributed by atoms with Crippen molar-refractivity contribution in [1.29, 1.82) is 0 Å². The predicted molar refractivity (Wildman–Crippen MR) is 146 cm³/mol. The zero-order valence-corrected chi connectivity index (χ0v) is 24.9. The number of aryl methyl sites for hydroxylation is 1. The van der Waals surface area contributed by atoms with E-state index in [9.17, 15) is 27.9 Å². The number of nitrogens with zero attached hydrogens (tertiary/aromatic N) is 3. The van der Waals surface area contributed by atoms with Crippen molar-refractivity contribution in [2.45, 2.75) is 69.5 Å². The number of benzene rings is 1. The van der Waals surface area contributed by atoms with Gasteiger partial charge >= 0.3 is 18.3 Å². The van der Waals surface area contributed by atoms with Crippen LogP contribution in [0.4, 0.5) is 14.4 Å². The number of carbonyl (C=O) groups is 3. The standard InChI is InChI=1S/C27H36N4O10S/c1-18(2)39-24(33)30-15-26(35)14-29(42(36,37)22-10-8-20(5)9-11-22)16-27(26,17-31(30)25(34)40-19(3)4)41-23(32)28-13-21-7-6-12-38-21/h6-12,18-19,35H,13-17H2,1-5H3,(H,28,32). The van der Waals surface area contributed by atoms with Crippen LogP contribution >= 0.6 is 0 Å². The summed E-state index contributed by atoms with van der Waals surface area (Å²) in [4.78, 5) is 39.4. The summed E-state index contributed by atoms with van der Waals surface area (Å²) in [6.45, 7) is 5.85. The van der Waals surface area contributed by atoms with Gasteiger partial charge in [-0.3, -0.25) is 0 Å². The first-order chi connectivity index (χ1) is 19.7. The molecule has 1 aromatic carbocycles. The third-order valence-electron chi connectivity index (χ3n) is 6.85. The van der Waals surface area contributed by atoms with Gasteiger partial charge in [0.1, 0.15) is 11.4 Å². The van der Waals surface area contributed by atoms with Crippen molar-refractivity contribution >= 4 is 28.3 Å². The lowest BCUT2D eigenvalue weighted by molar-refractivity contribution is -0.205. The molecule has 2 aliphatic rings. The number of rotatable bonds is 7. The van der Waals surface area contributed by atoms with Crippen LogP contribution in [0.3, 0.4) is 0 Å². The number of ether oxygens (including phenoxy) is 3. The van der Waals surface area contributed by atoms with E-state index in [2.05, 4.69) is 5.32 Å². The van der Waals surface area contributed by atoms with E-state index in [1.165, 1.54) is 18.4 Å². The van der Waals surface area contributed by atoms with Gasteiger partial charge in [-0.2, -0.15) is 4.31 Å². The molecule has 15 heteroatoms. The Morgan fingerprint density at radius 1 is 0.952 bits per heavy atom. The quantitative estimate of drug-likeness (QED) is 0.446. The van der Waals surface area contributed by atoms with Gasteiger partial charge in [0.2, 0.25) is 10.0 Å². The van der Waals surface area contributed by atoms with Crippen molar-refractivity contribution in [3.8, 4) is 0 Å². The Morgan fingerprint density at radius 2 is 1.55 bits per heavy atom. The minimum atomic E-state index is -4.21. The summed E-state index contributed by atoms with van der Waals surface area (Å²) in [5.41, 5.74) is -3.32. The fraction of sp³-hybridized carbons (Fsp3) is 0.519. The highest BCUT2D eigenvalue weighted by Crippen LogP contribution is 2.43. The van der Waals surface area contributed by atoms with Crippen LogP contribution in [0.25, 0.3) is 0 Å². The minimum absolute atomic E-state index is 0.0417. The third kappa shape index (κ3) is 6.32. The number of alkyl carbamates (subject to hydrolysis) is 1. The first kappa shape index (κ1) is 31.1. The highest BCUT2D eigenvalue weighted by Gasteiger charge is 2.68. The fourth-order valence-corrected chi connectivity index (χ4v) is 6.34. The molecule has 2 atom stereocenters. The zero-order valence-electron chi connectivity index (χ0n) is 24.1. The van der Waals surface area contributed by atoms with E-state index in [1.54, 1.807) is 52.0 Å². The Labute approximate surface area is 244 Å². The number of nitrogens with one attached hydrogen (secondary N) is 1. The molecule has 2 N–H and O–H groups in total. The second kappa shape index (κ2) is 11.8. The minimum Gasteiger partial charge on any atom is -0.467 e. The van der Waals surface area contributed by atoms with Crippen LogP contribution in [0.2, 0.25) is 0 Å². The Morgan fingerprint density at radius 3 is 2.10 bits per heavy atom. The zero-order chi connectivity index (χ0) is 30.9. The molecule has 0 spiro atoms. The molecule has 2 aromatic rings. The molecule has 0 bridgehead atoms. The van der Waals surface area contributed by atoms with Crippen LogP contribution in [0.5, 0.6) is 0 Å². The number of amides is 3. The molecule has 1 aromatic heterocycles. The van der Waals surface area contributed by atoms with Crippen LogP contribution in [0, 0.1) is 6.92 Å². The monoisotopic (exact) mass is 608 g/mol. The number of furan rings is 1. The number of β-amino-alcohol motifs (C(OH)–C–C–N with tert-alkyl or cyclic N) is 1. The van der Waals surface area contributed by atoms with Gasteiger partial charge in [0.25, 0.3) is 0 Å². The molecule has 2 fully saturated rings. The molecule has 2 unspecified atom stereocenters. The van der Waals surface area contributed by atoms with E-state index in [-0.39, 0.29) is 11.4 Å². The summed E-state index contributed by atoms with van der Waals surface area (Å²) in [5, 5.41) is 16.3. The van der Waals surface area contributed by atoms with Gasteiger partial charge in [-0.15, -0.1) is 0 Å². The number of hydrogen-bond acceptors (Lipinski definition) is 10. The molecule has 3 heterocycles. The van der Waals surface area contributed by atoms with Crippen molar-refractivity contribution in [2.75, 3.05) is 26.2 Å². The Balaban J connectivity index is 1.73. The van der Waals surface area contributed by atoms with Gasteiger partial charge in [0.05, 0.1) is 49.5 Å². The number of hydrazine groups is 1. The van der Waals surface area contributed by atoms with Crippen molar-refractivity contribution < 1.29 is 46.5 Å². The summed E-state index contributed by atoms with van der Waals surface area (Å²) in [6, 6.07) is 9.38. The predicted octanol–water partition coefficient (Wildman–Crippen LogP) is 2.61. The number of carbonyl (C=O) groups excluding carboxylic acids is 3. The van der Waals surface area contributed by atoms with E-state index >= 15 is 0 Å². The van der Waals surface area contributed by atoms with E-state index in [0.29, 0.717) is 5.76 Å². The molecule has 3 amide bonds. The molecule has 2 saturated heterocycles. The summed E-state index contributed by atoms with van der Waals surface area (Å²) >= 11 is 0. The van der Waals surface area contributed by atoms with E-state index in [0.717, 1.165) is 19.9 Å². The van der Waals surface area contributed by atoms with Crippen LogP contribution in [0.15, 0.2) is 52.0 Å². The molecule has 0 saturated carbocycles. The van der Waals surface area contributed by atoms with Crippen LogP contribution < -0.4 is 5.32 Å². The van der Waals surface area contributed by atoms with Gasteiger partial charge in [0.15, 0.2) is 5.60 Å². The first-order valence-electron chi connectivity index (χ1n) is 13.4. The van der Waals surface area contributed by atoms with Crippen LogP contribution in [-0.2, 0) is 30.8 Å². The molecule has 42 heavy (non-hydrogen) atoms. The number of sulfonamides is 1. The van der Waals surface area contributed by atoms with Gasteiger partial charge in [-0.1, -0.05) is 17.7 Å². The lowest BCUT2D eigenvalue weighted by Gasteiger charge is -2.51. The average molecular weight is 609 g/mol.